The van der Waals surface area contributed by atoms with Crippen LogP contribution in [-0.2, 0) is 23.2 Å². The van der Waals surface area contributed by atoms with E-state index in [1.54, 1.807) is 11.6 Å². The molecule has 168 valence electrons. The van der Waals surface area contributed by atoms with Crippen LogP contribution >= 0.6 is 11.6 Å². The van der Waals surface area contributed by atoms with Crippen LogP contribution in [0, 0.1) is 5.92 Å². The van der Waals surface area contributed by atoms with Crippen molar-refractivity contribution in [3.63, 3.8) is 0 Å². The molecule has 0 saturated carbocycles. The fraction of sp³-hybridized carbons (Fsp3) is 0.474. The highest BCUT2D eigenvalue weighted by Crippen LogP contribution is 2.36. The van der Waals surface area contributed by atoms with Crippen LogP contribution in [0.2, 0.25) is 5.02 Å². The van der Waals surface area contributed by atoms with Gasteiger partial charge in [-0.3, -0.25) is 4.79 Å². The summed E-state index contributed by atoms with van der Waals surface area (Å²) in [6.45, 7) is 0.747. The van der Waals surface area contributed by atoms with E-state index in [9.17, 15) is 26.4 Å². The predicted octanol–water partition coefficient (Wildman–Crippen LogP) is 3.02. The molecular weight excluding hydrogens is 457 g/mol. The number of piperidine rings is 1. The van der Waals surface area contributed by atoms with Crippen molar-refractivity contribution in [2.24, 2.45) is 13.0 Å². The second-order valence-electron chi connectivity index (χ2n) is 7.86. The Morgan fingerprint density at radius 2 is 2.00 bits per heavy atom. The van der Waals surface area contributed by atoms with E-state index in [2.05, 4.69) is 4.98 Å². The molecule has 0 bridgehead atoms. The minimum absolute atomic E-state index is 0.0265. The van der Waals surface area contributed by atoms with Gasteiger partial charge in [0.1, 0.15) is 0 Å². The summed E-state index contributed by atoms with van der Waals surface area (Å²) in [5.74, 6) is -0.560. The number of rotatable bonds is 3. The predicted molar refractivity (Wildman–Crippen MR) is 106 cm³/mol. The number of hydrogen-bond acceptors (Lipinski definition) is 4. The highest BCUT2D eigenvalue weighted by molar-refractivity contribution is 7.89. The van der Waals surface area contributed by atoms with Crippen LogP contribution in [0.3, 0.4) is 0 Å². The first-order valence-electron chi connectivity index (χ1n) is 9.64. The lowest BCUT2D eigenvalue weighted by atomic mass is 9.91. The third kappa shape index (κ3) is 4.06. The van der Waals surface area contributed by atoms with Crippen molar-refractivity contribution >= 4 is 27.5 Å². The fourth-order valence-corrected chi connectivity index (χ4v) is 6.01. The first-order valence-corrected chi connectivity index (χ1v) is 11.5. The number of likely N-dealkylation sites (tertiary alicyclic amines) is 1. The zero-order valence-electron chi connectivity index (χ0n) is 16.5. The van der Waals surface area contributed by atoms with Gasteiger partial charge in [0.05, 0.1) is 22.5 Å². The topological polar surface area (TPSA) is 75.5 Å². The van der Waals surface area contributed by atoms with Gasteiger partial charge in [0, 0.05) is 38.9 Å². The summed E-state index contributed by atoms with van der Waals surface area (Å²) in [4.78, 5) is 18.6. The molecule has 2 fully saturated rings. The van der Waals surface area contributed by atoms with Gasteiger partial charge in [-0.05, 0) is 37.0 Å². The van der Waals surface area contributed by atoms with Gasteiger partial charge < -0.3 is 9.47 Å². The number of halogens is 4. The number of fused-ring (bicyclic) bond motifs is 1. The molecule has 0 N–H and O–H groups in total. The molecule has 2 aliphatic rings. The van der Waals surface area contributed by atoms with Crippen LogP contribution in [0.1, 0.15) is 28.8 Å². The fourth-order valence-electron chi connectivity index (χ4n) is 4.26. The molecule has 2 unspecified atom stereocenters. The summed E-state index contributed by atoms with van der Waals surface area (Å²) in [5.41, 5.74) is -0.958. The SMILES string of the molecule is Cn1cnc(S(=O)(=O)N2CC3CCCN(C(=O)c4ccc(C(F)(F)F)cc4Cl)C3C2)c1. The zero-order chi connectivity index (χ0) is 22.6. The molecule has 3 heterocycles. The second kappa shape index (κ2) is 7.79. The maximum absolute atomic E-state index is 13.1. The molecule has 2 saturated heterocycles. The number of nitrogens with zero attached hydrogens (tertiary/aromatic N) is 4. The van der Waals surface area contributed by atoms with Crippen molar-refractivity contribution in [2.45, 2.75) is 30.1 Å². The molecular formula is C19H20ClF3N4O3S. The Morgan fingerprint density at radius 3 is 2.61 bits per heavy atom. The van der Waals surface area contributed by atoms with Gasteiger partial charge >= 0.3 is 6.18 Å². The number of aromatic nitrogens is 2. The maximum atomic E-state index is 13.1. The van der Waals surface area contributed by atoms with Crippen LogP contribution in [-0.4, -0.2) is 58.8 Å². The molecule has 31 heavy (non-hydrogen) atoms. The first kappa shape index (κ1) is 22.1. The van der Waals surface area contributed by atoms with Crippen LogP contribution in [0.25, 0.3) is 0 Å². The molecule has 12 heteroatoms. The van der Waals surface area contributed by atoms with Gasteiger partial charge in [-0.1, -0.05) is 11.6 Å². The van der Waals surface area contributed by atoms with Gasteiger partial charge in [0.25, 0.3) is 15.9 Å². The molecule has 0 radical (unpaired) electrons. The van der Waals surface area contributed by atoms with E-state index in [0.29, 0.717) is 13.0 Å². The van der Waals surface area contributed by atoms with E-state index in [0.717, 1.165) is 24.6 Å². The lowest BCUT2D eigenvalue weighted by Gasteiger charge is -2.37. The Kier molecular flexibility index (Phi) is 5.55. The molecule has 2 aliphatic heterocycles. The van der Waals surface area contributed by atoms with Crippen LogP contribution in [0.5, 0.6) is 0 Å². The summed E-state index contributed by atoms with van der Waals surface area (Å²) in [6.07, 6.45) is -0.320. The zero-order valence-corrected chi connectivity index (χ0v) is 18.1. The molecule has 2 aromatic rings. The van der Waals surface area contributed by atoms with Gasteiger partial charge in [0.2, 0.25) is 0 Å². The van der Waals surface area contributed by atoms with E-state index < -0.39 is 27.7 Å². The van der Waals surface area contributed by atoms with E-state index in [1.807, 2.05) is 0 Å². The lowest BCUT2D eigenvalue weighted by Crippen LogP contribution is -2.48. The van der Waals surface area contributed by atoms with Gasteiger partial charge in [-0.15, -0.1) is 0 Å². The van der Waals surface area contributed by atoms with E-state index in [-0.39, 0.29) is 40.7 Å². The van der Waals surface area contributed by atoms with Gasteiger partial charge in [-0.2, -0.15) is 17.5 Å². The highest BCUT2D eigenvalue weighted by Gasteiger charge is 2.46. The van der Waals surface area contributed by atoms with Crippen LogP contribution in [0.15, 0.2) is 35.7 Å². The molecule has 1 aromatic heterocycles. The van der Waals surface area contributed by atoms with Crippen LogP contribution < -0.4 is 0 Å². The minimum atomic E-state index is -4.56. The first-order chi connectivity index (χ1) is 14.5. The average Bonchev–Trinajstić information content (AvgIpc) is 3.33. The standard InChI is InChI=1S/C19H20ClF3N4O3S/c1-25-10-17(24-11-25)31(29,30)26-8-12-3-2-6-27(16(12)9-26)18(28)14-5-4-13(7-15(14)20)19(21,22)23/h4-5,7,10-12,16H,2-3,6,8-9H2,1H3. The molecule has 0 spiro atoms. The third-order valence-corrected chi connectivity index (χ3v) is 7.85. The van der Waals surface area contributed by atoms with Crippen molar-refractivity contribution in [2.75, 3.05) is 19.6 Å². The number of amides is 1. The number of sulfonamides is 1. The summed E-state index contributed by atoms with van der Waals surface area (Å²) in [6, 6.07) is 2.27. The Morgan fingerprint density at radius 1 is 1.26 bits per heavy atom. The van der Waals surface area contributed by atoms with E-state index in [4.69, 9.17) is 11.6 Å². The van der Waals surface area contributed by atoms with Gasteiger partial charge in [0.15, 0.2) is 5.03 Å². The number of carbonyl (C=O) groups excluding carboxylic acids is 1. The average molecular weight is 477 g/mol. The number of benzene rings is 1. The number of hydrogen-bond donors (Lipinski definition) is 0. The normalized spacial score (nSPS) is 22.5. The monoisotopic (exact) mass is 476 g/mol. The lowest BCUT2D eigenvalue weighted by molar-refractivity contribution is -0.137. The van der Waals surface area contributed by atoms with Crippen molar-refractivity contribution in [1.82, 2.24) is 18.8 Å². The Bertz CT molecular complexity index is 1120. The summed E-state index contributed by atoms with van der Waals surface area (Å²) < 4.78 is 67.5. The van der Waals surface area contributed by atoms with Crippen LogP contribution in [0.4, 0.5) is 13.2 Å². The molecule has 1 amide bonds. The largest absolute Gasteiger partial charge is 0.416 e. The third-order valence-electron chi connectivity index (χ3n) is 5.82. The van der Waals surface area contributed by atoms with Gasteiger partial charge in [-0.25, -0.2) is 13.4 Å². The quantitative estimate of drug-likeness (QED) is 0.682. The molecule has 1 aromatic carbocycles. The Labute approximate surface area is 182 Å². The summed E-state index contributed by atoms with van der Waals surface area (Å²) >= 11 is 6.01. The minimum Gasteiger partial charge on any atom is -0.339 e. The summed E-state index contributed by atoms with van der Waals surface area (Å²) in [7, 11) is -2.14. The number of alkyl halides is 3. The number of imidazole rings is 1. The second-order valence-corrected chi connectivity index (χ2v) is 10.2. The summed E-state index contributed by atoms with van der Waals surface area (Å²) in [5, 5.41) is -0.338. The van der Waals surface area contributed by atoms with Crippen molar-refractivity contribution < 1.29 is 26.4 Å². The molecule has 4 rings (SSSR count). The molecule has 7 nitrogen and oxygen atoms in total. The molecule has 0 aliphatic carbocycles. The number of carbonyl (C=O) groups is 1. The molecule has 2 atom stereocenters. The van der Waals surface area contributed by atoms with Crippen molar-refractivity contribution in [1.29, 1.82) is 0 Å². The van der Waals surface area contributed by atoms with E-state index in [1.165, 1.54) is 21.7 Å². The maximum Gasteiger partial charge on any atom is 0.416 e. The highest BCUT2D eigenvalue weighted by atomic mass is 35.5. The smallest absolute Gasteiger partial charge is 0.339 e. The van der Waals surface area contributed by atoms with Crippen molar-refractivity contribution in [3.05, 3.63) is 46.9 Å². The number of aryl methyl sites for hydroxylation is 1. The Hall–Kier alpha value is -2.11. The van der Waals surface area contributed by atoms with E-state index >= 15 is 0 Å². The Balaban J connectivity index is 1.58. The van der Waals surface area contributed by atoms with Crippen molar-refractivity contribution in [3.8, 4) is 0 Å².